The minimum atomic E-state index is -0.236. The van der Waals surface area contributed by atoms with Gasteiger partial charge in [-0.15, -0.1) is 11.3 Å². The lowest BCUT2D eigenvalue weighted by molar-refractivity contribution is 0.102. The van der Waals surface area contributed by atoms with Gasteiger partial charge in [-0.2, -0.15) is 10.1 Å². The maximum atomic E-state index is 12.3. The maximum Gasteiger partial charge on any atom is 0.277 e. The van der Waals surface area contributed by atoms with Crippen LogP contribution in [-0.2, 0) is 7.05 Å². The molecule has 3 heterocycles. The van der Waals surface area contributed by atoms with Gasteiger partial charge in [0.2, 0.25) is 5.95 Å². The minimum absolute atomic E-state index is 0.236. The average Bonchev–Trinajstić information content (AvgIpc) is 3.16. The SMILES string of the molecule is CC(C)c1nc(C(=O)Nc2nc(C3CCNCC3)nn2C)cs1. The van der Waals surface area contributed by atoms with Crippen LogP contribution in [0.2, 0.25) is 0 Å². The molecule has 1 amide bonds. The quantitative estimate of drug-likeness (QED) is 0.894. The molecular formula is C15H22N6OS. The number of rotatable bonds is 4. The first kappa shape index (κ1) is 16.1. The first-order chi connectivity index (χ1) is 11.0. The average molecular weight is 334 g/mol. The predicted molar refractivity (Wildman–Crippen MR) is 90.0 cm³/mol. The zero-order chi connectivity index (χ0) is 16.4. The van der Waals surface area contributed by atoms with Crippen molar-refractivity contribution in [1.82, 2.24) is 25.1 Å². The van der Waals surface area contributed by atoms with Gasteiger partial charge in [-0.1, -0.05) is 13.8 Å². The lowest BCUT2D eigenvalue weighted by Gasteiger charge is -2.19. The molecule has 0 saturated carbocycles. The van der Waals surface area contributed by atoms with Crippen LogP contribution in [0.5, 0.6) is 0 Å². The Hall–Kier alpha value is -1.80. The summed E-state index contributed by atoms with van der Waals surface area (Å²) < 4.78 is 1.63. The van der Waals surface area contributed by atoms with E-state index in [1.165, 1.54) is 11.3 Å². The number of nitrogens with zero attached hydrogens (tertiary/aromatic N) is 4. The highest BCUT2D eigenvalue weighted by Gasteiger charge is 2.22. The van der Waals surface area contributed by atoms with E-state index in [1.54, 1.807) is 17.1 Å². The van der Waals surface area contributed by atoms with Crippen LogP contribution in [0.1, 0.15) is 59.8 Å². The number of aromatic nitrogens is 4. The van der Waals surface area contributed by atoms with Crippen LogP contribution >= 0.6 is 11.3 Å². The zero-order valence-corrected chi connectivity index (χ0v) is 14.5. The van der Waals surface area contributed by atoms with Gasteiger partial charge in [0.1, 0.15) is 5.69 Å². The molecule has 0 atom stereocenters. The normalized spacial score (nSPS) is 16.0. The molecule has 23 heavy (non-hydrogen) atoms. The Morgan fingerprint density at radius 1 is 1.39 bits per heavy atom. The van der Waals surface area contributed by atoms with Gasteiger partial charge >= 0.3 is 0 Å². The molecule has 8 heteroatoms. The van der Waals surface area contributed by atoms with Gasteiger partial charge < -0.3 is 5.32 Å². The second-order valence-electron chi connectivity index (χ2n) is 6.12. The Labute approximate surface area is 139 Å². The molecule has 7 nitrogen and oxygen atoms in total. The second kappa shape index (κ2) is 6.76. The molecule has 2 aromatic heterocycles. The first-order valence-electron chi connectivity index (χ1n) is 7.93. The van der Waals surface area contributed by atoms with Gasteiger partial charge in [0.05, 0.1) is 5.01 Å². The van der Waals surface area contributed by atoms with Crippen molar-refractivity contribution in [1.29, 1.82) is 0 Å². The molecular weight excluding hydrogens is 312 g/mol. The van der Waals surface area contributed by atoms with Gasteiger partial charge in [0, 0.05) is 24.3 Å². The molecule has 1 saturated heterocycles. The molecule has 0 radical (unpaired) electrons. The molecule has 0 spiro atoms. The zero-order valence-electron chi connectivity index (χ0n) is 13.7. The van der Waals surface area contributed by atoms with Crippen LogP contribution < -0.4 is 10.6 Å². The van der Waals surface area contributed by atoms with Gasteiger partial charge in [-0.25, -0.2) is 9.67 Å². The molecule has 1 fully saturated rings. The summed E-state index contributed by atoms with van der Waals surface area (Å²) in [5.74, 6) is 1.73. The molecule has 3 rings (SSSR count). The van der Waals surface area contributed by atoms with Gasteiger partial charge in [0.25, 0.3) is 5.91 Å². The summed E-state index contributed by atoms with van der Waals surface area (Å²) in [5, 5.41) is 13.4. The molecule has 124 valence electrons. The van der Waals surface area contributed by atoms with E-state index in [-0.39, 0.29) is 5.91 Å². The Morgan fingerprint density at radius 3 is 2.78 bits per heavy atom. The van der Waals surface area contributed by atoms with Crippen molar-refractivity contribution in [2.45, 2.75) is 38.5 Å². The summed E-state index contributed by atoms with van der Waals surface area (Å²) in [4.78, 5) is 21.2. The highest BCUT2D eigenvalue weighted by atomic mass is 32.1. The number of carbonyl (C=O) groups excluding carboxylic acids is 1. The number of carbonyl (C=O) groups is 1. The highest BCUT2D eigenvalue weighted by molar-refractivity contribution is 7.09. The Kier molecular flexibility index (Phi) is 4.72. The fourth-order valence-electron chi connectivity index (χ4n) is 2.59. The third-order valence-electron chi connectivity index (χ3n) is 3.96. The number of nitrogens with one attached hydrogen (secondary N) is 2. The molecule has 0 unspecified atom stereocenters. The van der Waals surface area contributed by atoms with E-state index in [1.807, 2.05) is 0 Å². The molecule has 1 aliphatic heterocycles. The number of amides is 1. The van der Waals surface area contributed by atoms with Crippen LogP contribution in [0.4, 0.5) is 5.95 Å². The van der Waals surface area contributed by atoms with E-state index in [2.05, 4.69) is 39.5 Å². The standard InChI is InChI=1S/C15H22N6OS/c1-9(2)14-17-11(8-23-14)13(22)19-15-18-12(20-21(15)3)10-4-6-16-7-5-10/h8-10,16H,4-7H2,1-3H3,(H,18,19,20,22). The van der Waals surface area contributed by atoms with E-state index < -0.39 is 0 Å². The van der Waals surface area contributed by atoms with Crippen molar-refractivity contribution >= 4 is 23.2 Å². The van der Waals surface area contributed by atoms with Gasteiger partial charge in [0.15, 0.2) is 5.82 Å². The highest BCUT2D eigenvalue weighted by Crippen LogP contribution is 2.24. The summed E-state index contributed by atoms with van der Waals surface area (Å²) in [6.07, 6.45) is 2.06. The summed E-state index contributed by atoms with van der Waals surface area (Å²) in [6.45, 7) is 6.10. The number of hydrogen-bond donors (Lipinski definition) is 2. The summed E-state index contributed by atoms with van der Waals surface area (Å²) in [7, 11) is 1.80. The van der Waals surface area contributed by atoms with Crippen molar-refractivity contribution in [2.75, 3.05) is 18.4 Å². The summed E-state index contributed by atoms with van der Waals surface area (Å²) in [6, 6.07) is 0. The van der Waals surface area contributed by atoms with E-state index >= 15 is 0 Å². The van der Waals surface area contributed by atoms with Gasteiger partial charge in [-0.3, -0.25) is 10.1 Å². The molecule has 2 aromatic rings. The Balaban J connectivity index is 1.71. The lowest BCUT2D eigenvalue weighted by atomic mass is 9.98. The first-order valence-corrected chi connectivity index (χ1v) is 8.81. The summed E-state index contributed by atoms with van der Waals surface area (Å²) in [5.41, 5.74) is 0.435. The molecule has 0 bridgehead atoms. The van der Waals surface area contributed by atoms with Crippen LogP contribution in [0.25, 0.3) is 0 Å². The predicted octanol–water partition coefficient (Wildman–Crippen LogP) is 2.11. The van der Waals surface area contributed by atoms with E-state index in [9.17, 15) is 4.79 Å². The maximum absolute atomic E-state index is 12.3. The van der Waals surface area contributed by atoms with Gasteiger partial charge in [-0.05, 0) is 25.9 Å². The Morgan fingerprint density at radius 2 is 2.13 bits per heavy atom. The summed E-state index contributed by atoms with van der Waals surface area (Å²) >= 11 is 1.51. The lowest BCUT2D eigenvalue weighted by Crippen LogP contribution is -2.27. The Bertz CT molecular complexity index is 686. The molecule has 0 aromatic carbocycles. The number of anilines is 1. The number of thiazole rings is 1. The van der Waals surface area contributed by atoms with E-state index in [0.29, 0.717) is 23.5 Å². The third kappa shape index (κ3) is 3.59. The van der Waals surface area contributed by atoms with Crippen LogP contribution in [-0.4, -0.2) is 38.7 Å². The van der Waals surface area contributed by atoms with Crippen LogP contribution in [0, 0.1) is 0 Å². The fraction of sp³-hybridized carbons (Fsp3) is 0.600. The van der Waals surface area contributed by atoms with Crippen LogP contribution in [0.15, 0.2) is 5.38 Å². The van der Waals surface area contributed by atoms with Crippen molar-refractivity contribution in [3.8, 4) is 0 Å². The van der Waals surface area contributed by atoms with E-state index in [0.717, 1.165) is 36.8 Å². The van der Waals surface area contributed by atoms with Crippen molar-refractivity contribution in [3.63, 3.8) is 0 Å². The molecule has 1 aliphatic rings. The topological polar surface area (TPSA) is 84.7 Å². The number of aryl methyl sites for hydroxylation is 1. The van der Waals surface area contributed by atoms with E-state index in [4.69, 9.17) is 0 Å². The number of piperidine rings is 1. The van der Waals surface area contributed by atoms with Crippen molar-refractivity contribution < 1.29 is 4.79 Å². The van der Waals surface area contributed by atoms with Crippen LogP contribution in [0.3, 0.4) is 0 Å². The monoisotopic (exact) mass is 334 g/mol. The molecule has 0 aliphatic carbocycles. The largest absolute Gasteiger partial charge is 0.317 e. The second-order valence-corrected chi connectivity index (χ2v) is 7.01. The molecule has 2 N–H and O–H groups in total. The third-order valence-corrected chi connectivity index (χ3v) is 5.10. The minimum Gasteiger partial charge on any atom is -0.317 e. The van der Waals surface area contributed by atoms with Crippen molar-refractivity contribution in [3.05, 3.63) is 21.9 Å². The van der Waals surface area contributed by atoms with Crippen molar-refractivity contribution in [2.24, 2.45) is 7.05 Å². The smallest absolute Gasteiger partial charge is 0.277 e. The number of hydrogen-bond acceptors (Lipinski definition) is 6. The fourth-order valence-corrected chi connectivity index (χ4v) is 3.40.